The van der Waals surface area contributed by atoms with Crippen LogP contribution >= 0.6 is 45.8 Å². The highest BCUT2D eigenvalue weighted by atomic mass is 32.2. The number of rotatable bonds is 8. The number of nitrogens with one attached hydrogen (secondary N) is 1. The number of aromatic nitrogens is 3. The largest absolute Gasteiger partial charge is 0.493 e. The lowest BCUT2D eigenvalue weighted by atomic mass is 10.2. The van der Waals surface area contributed by atoms with E-state index in [1.165, 1.54) is 27.6 Å². The molecule has 1 N–H and O–H groups in total. The Hall–Kier alpha value is -2.47. The average molecular weight is 491 g/mol. The number of anilines is 1. The molecule has 0 radical (unpaired) electrons. The highest BCUT2D eigenvalue weighted by Gasteiger charge is 2.19. The number of amides is 1. The van der Waals surface area contributed by atoms with E-state index < -0.39 is 0 Å². The average Bonchev–Trinajstić information content (AvgIpc) is 3.53. The van der Waals surface area contributed by atoms with E-state index in [9.17, 15) is 4.79 Å². The topological polar surface area (TPSA) is 86.2 Å². The number of carbonyl (C=O) groups is 1. The van der Waals surface area contributed by atoms with Crippen molar-refractivity contribution in [2.24, 2.45) is 0 Å². The Morgan fingerprint density at radius 3 is 2.71 bits per heavy atom. The van der Waals surface area contributed by atoms with Crippen molar-refractivity contribution in [3.63, 3.8) is 0 Å². The molecule has 0 atom stereocenters. The minimum absolute atomic E-state index is 0.243. The molecule has 7 nitrogen and oxygen atoms in total. The second kappa shape index (κ2) is 9.77. The number of aryl methyl sites for hydroxylation is 1. The molecule has 0 spiro atoms. The summed E-state index contributed by atoms with van der Waals surface area (Å²) in [6.07, 6.45) is 0. The van der Waals surface area contributed by atoms with Gasteiger partial charge in [0.1, 0.15) is 9.88 Å². The van der Waals surface area contributed by atoms with Crippen LogP contribution in [0.2, 0.25) is 0 Å². The number of methoxy groups -OCH3 is 2. The number of carbonyl (C=O) groups excluding carboxylic acids is 1. The van der Waals surface area contributed by atoms with Crippen LogP contribution in [0, 0.1) is 6.92 Å². The van der Waals surface area contributed by atoms with Crippen molar-refractivity contribution in [1.29, 1.82) is 0 Å². The molecule has 0 fully saturated rings. The first kappa shape index (κ1) is 21.8. The Balaban J connectivity index is 1.46. The number of thiophene rings is 1. The predicted octanol–water partition coefficient (Wildman–Crippen LogP) is 5.59. The van der Waals surface area contributed by atoms with Crippen LogP contribution in [-0.4, -0.2) is 35.3 Å². The standard InChI is InChI=1S/C20H18N4O3S4/c1-11-16(30-18(21-11)12-6-7-14(26-2)15(9-12)27-3)17(25)22-19-23-24-20(31-19)29-10-13-5-4-8-28-13/h4-9H,10H2,1-3H3,(H,22,23,25). The fraction of sp³-hybridized carbons (Fsp3) is 0.200. The SMILES string of the molecule is COc1ccc(-c2nc(C)c(C(=O)Nc3nnc(SCc4cccs4)s3)s2)cc1OC. The molecule has 0 aliphatic heterocycles. The molecule has 0 saturated carbocycles. The van der Waals surface area contributed by atoms with E-state index in [0.29, 0.717) is 27.2 Å². The van der Waals surface area contributed by atoms with Gasteiger partial charge in [0, 0.05) is 16.2 Å². The maximum absolute atomic E-state index is 12.8. The van der Waals surface area contributed by atoms with Gasteiger partial charge < -0.3 is 9.47 Å². The van der Waals surface area contributed by atoms with Crippen molar-refractivity contribution >= 4 is 56.8 Å². The highest BCUT2D eigenvalue weighted by molar-refractivity contribution is 8.00. The van der Waals surface area contributed by atoms with Crippen LogP contribution in [-0.2, 0) is 5.75 Å². The van der Waals surface area contributed by atoms with Gasteiger partial charge in [-0.1, -0.05) is 29.2 Å². The summed E-state index contributed by atoms with van der Waals surface area (Å²) in [6.45, 7) is 1.82. The van der Waals surface area contributed by atoms with Crippen LogP contribution in [0.3, 0.4) is 0 Å². The molecule has 0 aliphatic carbocycles. The van der Waals surface area contributed by atoms with Crippen LogP contribution in [0.5, 0.6) is 11.5 Å². The van der Waals surface area contributed by atoms with Gasteiger partial charge in [-0.3, -0.25) is 10.1 Å². The highest BCUT2D eigenvalue weighted by Crippen LogP contribution is 2.35. The van der Waals surface area contributed by atoms with Gasteiger partial charge in [0.05, 0.1) is 19.9 Å². The molecule has 160 valence electrons. The first-order valence-corrected chi connectivity index (χ1v) is 12.6. The van der Waals surface area contributed by atoms with Crippen molar-refractivity contribution in [2.75, 3.05) is 19.5 Å². The van der Waals surface area contributed by atoms with E-state index >= 15 is 0 Å². The number of nitrogens with zero attached hydrogens (tertiary/aromatic N) is 3. The predicted molar refractivity (Wildman–Crippen MR) is 127 cm³/mol. The Bertz CT molecular complexity index is 1190. The smallest absolute Gasteiger partial charge is 0.269 e. The van der Waals surface area contributed by atoms with Gasteiger partial charge in [0.25, 0.3) is 5.91 Å². The zero-order valence-electron chi connectivity index (χ0n) is 16.9. The molecule has 3 aromatic heterocycles. The van der Waals surface area contributed by atoms with Gasteiger partial charge in [-0.2, -0.15) is 0 Å². The summed E-state index contributed by atoms with van der Waals surface area (Å²) in [5, 5.41) is 14.3. The molecular weight excluding hydrogens is 473 g/mol. The maximum Gasteiger partial charge on any atom is 0.269 e. The molecule has 0 saturated heterocycles. The summed E-state index contributed by atoms with van der Waals surface area (Å²) in [6, 6.07) is 9.68. The number of thioether (sulfide) groups is 1. The van der Waals surface area contributed by atoms with E-state index in [4.69, 9.17) is 9.47 Å². The summed E-state index contributed by atoms with van der Waals surface area (Å²) in [5.41, 5.74) is 1.51. The van der Waals surface area contributed by atoms with Crippen LogP contribution in [0.25, 0.3) is 10.6 Å². The third kappa shape index (κ3) is 5.06. The molecule has 3 heterocycles. The Kier molecular flexibility index (Phi) is 6.86. The van der Waals surface area contributed by atoms with Crippen molar-refractivity contribution in [1.82, 2.24) is 15.2 Å². The molecule has 1 aromatic carbocycles. The van der Waals surface area contributed by atoms with Crippen molar-refractivity contribution in [2.45, 2.75) is 17.0 Å². The second-order valence-corrected chi connectivity index (χ2v) is 10.4. The summed E-state index contributed by atoms with van der Waals surface area (Å²) in [5.74, 6) is 1.84. The number of hydrogen-bond acceptors (Lipinski definition) is 10. The summed E-state index contributed by atoms with van der Waals surface area (Å²) >= 11 is 6.00. The molecule has 31 heavy (non-hydrogen) atoms. The van der Waals surface area contributed by atoms with Crippen LogP contribution in [0.4, 0.5) is 5.13 Å². The van der Waals surface area contributed by atoms with E-state index in [-0.39, 0.29) is 5.91 Å². The third-order valence-corrected chi connectivity index (χ3v) is 8.46. The van der Waals surface area contributed by atoms with Gasteiger partial charge in [-0.05, 0) is 36.6 Å². The van der Waals surface area contributed by atoms with Gasteiger partial charge in [0.15, 0.2) is 15.8 Å². The van der Waals surface area contributed by atoms with Crippen LogP contribution in [0.15, 0.2) is 40.1 Å². The Morgan fingerprint density at radius 1 is 1.13 bits per heavy atom. The zero-order valence-corrected chi connectivity index (χ0v) is 20.1. The quantitative estimate of drug-likeness (QED) is 0.254. The van der Waals surface area contributed by atoms with Gasteiger partial charge in [0.2, 0.25) is 5.13 Å². The van der Waals surface area contributed by atoms with Gasteiger partial charge in [-0.25, -0.2) is 4.98 Å². The summed E-state index contributed by atoms with van der Waals surface area (Å²) < 4.78 is 11.5. The molecule has 4 rings (SSSR count). The summed E-state index contributed by atoms with van der Waals surface area (Å²) in [7, 11) is 3.18. The van der Waals surface area contributed by atoms with Crippen LogP contribution in [0.1, 0.15) is 20.2 Å². The van der Waals surface area contributed by atoms with Crippen molar-refractivity contribution in [3.8, 4) is 22.1 Å². The third-order valence-electron chi connectivity index (χ3n) is 4.18. The second-order valence-electron chi connectivity index (χ2n) is 6.20. The van der Waals surface area contributed by atoms with Gasteiger partial charge in [-0.15, -0.1) is 32.9 Å². The first-order chi connectivity index (χ1) is 15.1. The number of hydrogen-bond donors (Lipinski definition) is 1. The molecule has 0 unspecified atom stereocenters. The molecule has 0 bridgehead atoms. The Morgan fingerprint density at radius 2 is 1.97 bits per heavy atom. The minimum Gasteiger partial charge on any atom is -0.493 e. The molecular formula is C20H18N4O3S4. The fourth-order valence-corrected chi connectivity index (χ4v) is 6.18. The molecule has 0 aliphatic rings. The van der Waals surface area contributed by atoms with E-state index in [1.54, 1.807) is 37.3 Å². The number of ether oxygens (including phenoxy) is 2. The lowest BCUT2D eigenvalue weighted by Crippen LogP contribution is -2.11. The van der Waals surface area contributed by atoms with E-state index in [0.717, 1.165) is 20.7 Å². The maximum atomic E-state index is 12.8. The van der Waals surface area contributed by atoms with Crippen molar-refractivity contribution in [3.05, 3.63) is 51.2 Å². The first-order valence-electron chi connectivity index (χ1n) is 9.07. The molecule has 1 amide bonds. The number of thiazole rings is 1. The van der Waals surface area contributed by atoms with Crippen molar-refractivity contribution < 1.29 is 14.3 Å². The number of benzene rings is 1. The van der Waals surface area contributed by atoms with Gasteiger partial charge >= 0.3 is 0 Å². The lowest BCUT2D eigenvalue weighted by molar-refractivity contribution is 0.102. The molecule has 11 heteroatoms. The normalized spacial score (nSPS) is 10.8. The lowest BCUT2D eigenvalue weighted by Gasteiger charge is -2.08. The fourth-order valence-electron chi connectivity index (χ4n) is 2.70. The minimum atomic E-state index is -0.243. The zero-order chi connectivity index (χ0) is 21.8. The van der Waals surface area contributed by atoms with E-state index in [1.807, 2.05) is 31.2 Å². The Labute approximate surface area is 195 Å². The summed E-state index contributed by atoms with van der Waals surface area (Å²) in [4.78, 5) is 19.2. The van der Waals surface area contributed by atoms with E-state index in [2.05, 4.69) is 31.9 Å². The van der Waals surface area contributed by atoms with Crippen LogP contribution < -0.4 is 14.8 Å². The molecule has 4 aromatic rings. The monoisotopic (exact) mass is 490 g/mol.